The molecule has 7 heteroatoms. The third-order valence-electron chi connectivity index (χ3n) is 6.24. The summed E-state index contributed by atoms with van der Waals surface area (Å²) in [5.74, 6) is 0.711. The van der Waals surface area contributed by atoms with Crippen molar-refractivity contribution in [3.05, 3.63) is 71.5 Å². The molecule has 1 atom stereocenters. The molecule has 1 saturated heterocycles. The number of aromatic nitrogens is 2. The van der Waals surface area contributed by atoms with E-state index in [1.165, 1.54) is 0 Å². The maximum absolute atomic E-state index is 13.4. The minimum absolute atomic E-state index is 0.0657. The third kappa shape index (κ3) is 4.49. The Morgan fingerprint density at radius 2 is 1.82 bits per heavy atom. The van der Waals surface area contributed by atoms with Gasteiger partial charge in [-0.05, 0) is 29.2 Å². The van der Waals surface area contributed by atoms with Crippen molar-refractivity contribution in [2.45, 2.75) is 32.2 Å². The zero-order chi connectivity index (χ0) is 23.5. The standard InChI is InChI=1S/C26H30N4O3/c1-17(2)21-16-22(28-27-21)25(31)30-14-13-29(3)26(32)23(30)15-18-9-5-6-10-19(18)20-11-7-8-12-24(20)33-4/h5-12,16-17,23H,13-15H2,1-4H3,(H,27,28)/t23-/m1/s1. The Balaban J connectivity index is 1.69. The lowest BCUT2D eigenvalue weighted by atomic mass is 9.92. The molecular formula is C26H30N4O3. The van der Waals surface area contributed by atoms with E-state index in [0.29, 0.717) is 25.2 Å². The van der Waals surface area contributed by atoms with Gasteiger partial charge in [0, 0.05) is 37.8 Å². The Kier molecular flexibility index (Phi) is 6.49. The van der Waals surface area contributed by atoms with Crippen LogP contribution >= 0.6 is 0 Å². The van der Waals surface area contributed by atoms with Gasteiger partial charge in [-0.3, -0.25) is 14.7 Å². The first-order chi connectivity index (χ1) is 15.9. The van der Waals surface area contributed by atoms with Gasteiger partial charge >= 0.3 is 0 Å². The van der Waals surface area contributed by atoms with Crippen LogP contribution in [0.1, 0.15) is 41.5 Å². The van der Waals surface area contributed by atoms with Crippen molar-refractivity contribution in [2.24, 2.45) is 0 Å². The zero-order valence-electron chi connectivity index (χ0n) is 19.5. The van der Waals surface area contributed by atoms with Gasteiger partial charge in [0.25, 0.3) is 5.91 Å². The quantitative estimate of drug-likeness (QED) is 0.626. The second kappa shape index (κ2) is 9.48. The van der Waals surface area contributed by atoms with E-state index in [4.69, 9.17) is 4.74 Å². The van der Waals surface area contributed by atoms with Gasteiger partial charge in [0.1, 0.15) is 17.5 Å². The first-order valence-electron chi connectivity index (χ1n) is 11.2. The van der Waals surface area contributed by atoms with E-state index in [-0.39, 0.29) is 17.7 Å². The van der Waals surface area contributed by atoms with Gasteiger partial charge in [-0.1, -0.05) is 56.3 Å². The van der Waals surface area contributed by atoms with Crippen LogP contribution in [-0.4, -0.2) is 65.1 Å². The molecule has 1 aromatic heterocycles. The lowest BCUT2D eigenvalue weighted by Gasteiger charge is -2.39. The summed E-state index contributed by atoms with van der Waals surface area (Å²) in [6.45, 7) is 5.04. The van der Waals surface area contributed by atoms with Crippen LogP contribution in [0.25, 0.3) is 11.1 Å². The van der Waals surface area contributed by atoms with Gasteiger partial charge in [0.05, 0.1) is 7.11 Å². The summed E-state index contributed by atoms with van der Waals surface area (Å²) >= 11 is 0. The number of hydrogen-bond donors (Lipinski definition) is 1. The normalized spacial score (nSPS) is 16.4. The van der Waals surface area contributed by atoms with Gasteiger partial charge in [-0.15, -0.1) is 0 Å². The molecule has 0 bridgehead atoms. The third-order valence-corrected chi connectivity index (χ3v) is 6.24. The molecule has 3 aromatic rings. The molecule has 4 rings (SSSR count). The number of H-pyrrole nitrogens is 1. The SMILES string of the molecule is COc1ccccc1-c1ccccc1C[C@@H]1C(=O)N(C)CCN1C(=O)c1cc(C(C)C)[nH]n1. The number of rotatable bonds is 6. The van der Waals surface area contributed by atoms with E-state index in [9.17, 15) is 9.59 Å². The smallest absolute Gasteiger partial charge is 0.275 e. The Morgan fingerprint density at radius 3 is 2.52 bits per heavy atom. The van der Waals surface area contributed by atoms with Crippen molar-refractivity contribution in [3.63, 3.8) is 0 Å². The summed E-state index contributed by atoms with van der Waals surface area (Å²) < 4.78 is 5.57. The average Bonchev–Trinajstić information content (AvgIpc) is 3.33. The molecule has 2 amide bonds. The molecule has 2 aromatic carbocycles. The molecule has 1 aliphatic rings. The van der Waals surface area contributed by atoms with Crippen LogP contribution in [0, 0.1) is 0 Å². The van der Waals surface area contributed by atoms with E-state index in [1.54, 1.807) is 30.0 Å². The Labute approximate surface area is 194 Å². The van der Waals surface area contributed by atoms with Crippen molar-refractivity contribution < 1.29 is 14.3 Å². The second-order valence-electron chi connectivity index (χ2n) is 8.70. The van der Waals surface area contributed by atoms with Crippen molar-refractivity contribution in [1.82, 2.24) is 20.0 Å². The summed E-state index contributed by atoms with van der Waals surface area (Å²) in [5.41, 5.74) is 4.18. The Bertz CT molecular complexity index is 1150. The number of hydrogen-bond acceptors (Lipinski definition) is 4. The number of nitrogens with zero attached hydrogens (tertiary/aromatic N) is 3. The predicted molar refractivity (Wildman–Crippen MR) is 127 cm³/mol. The fourth-order valence-corrected chi connectivity index (χ4v) is 4.28. The van der Waals surface area contributed by atoms with E-state index >= 15 is 0 Å². The molecule has 1 N–H and O–H groups in total. The van der Waals surface area contributed by atoms with Crippen LogP contribution in [0.5, 0.6) is 5.75 Å². The summed E-state index contributed by atoms with van der Waals surface area (Å²) in [5, 5.41) is 7.17. The second-order valence-corrected chi connectivity index (χ2v) is 8.70. The van der Waals surface area contributed by atoms with Crippen LogP contribution in [0.15, 0.2) is 54.6 Å². The summed E-state index contributed by atoms with van der Waals surface area (Å²) in [6.07, 6.45) is 0.407. The van der Waals surface area contributed by atoms with Crippen molar-refractivity contribution in [3.8, 4) is 16.9 Å². The molecule has 2 heterocycles. The molecule has 0 saturated carbocycles. The molecule has 1 fully saturated rings. The van der Waals surface area contributed by atoms with Gasteiger partial charge in [0.15, 0.2) is 0 Å². The van der Waals surface area contributed by atoms with Crippen LogP contribution in [0.3, 0.4) is 0 Å². The molecule has 172 valence electrons. The topological polar surface area (TPSA) is 78.5 Å². The monoisotopic (exact) mass is 446 g/mol. The molecule has 1 aliphatic heterocycles. The number of benzene rings is 2. The summed E-state index contributed by atoms with van der Waals surface area (Å²) in [6, 6.07) is 17.0. The Hall–Kier alpha value is -3.61. The Morgan fingerprint density at radius 1 is 1.12 bits per heavy atom. The van der Waals surface area contributed by atoms with E-state index in [1.807, 2.05) is 62.4 Å². The summed E-state index contributed by atoms with van der Waals surface area (Å²) in [7, 11) is 3.44. The first-order valence-corrected chi connectivity index (χ1v) is 11.2. The maximum atomic E-state index is 13.4. The van der Waals surface area contributed by atoms with Gasteiger partial charge in [0.2, 0.25) is 5.91 Å². The minimum Gasteiger partial charge on any atom is -0.496 e. The lowest BCUT2D eigenvalue weighted by Crippen LogP contribution is -2.58. The van der Waals surface area contributed by atoms with Crippen molar-refractivity contribution in [2.75, 3.05) is 27.2 Å². The number of methoxy groups -OCH3 is 1. The average molecular weight is 447 g/mol. The summed E-state index contributed by atoms with van der Waals surface area (Å²) in [4.78, 5) is 30.0. The number of para-hydroxylation sites is 1. The molecular weight excluding hydrogens is 416 g/mol. The number of likely N-dealkylation sites (N-methyl/N-ethyl adjacent to an activating group) is 1. The van der Waals surface area contributed by atoms with Crippen molar-refractivity contribution >= 4 is 11.8 Å². The highest BCUT2D eigenvalue weighted by atomic mass is 16.5. The van der Waals surface area contributed by atoms with E-state index < -0.39 is 6.04 Å². The van der Waals surface area contributed by atoms with Crippen molar-refractivity contribution in [1.29, 1.82) is 0 Å². The van der Waals surface area contributed by atoms with Crippen LogP contribution in [-0.2, 0) is 11.2 Å². The number of aromatic amines is 1. The number of nitrogens with one attached hydrogen (secondary N) is 1. The number of amides is 2. The highest BCUT2D eigenvalue weighted by Crippen LogP contribution is 2.33. The molecule has 7 nitrogen and oxygen atoms in total. The largest absolute Gasteiger partial charge is 0.496 e. The molecule has 0 unspecified atom stereocenters. The molecule has 0 spiro atoms. The van der Waals surface area contributed by atoms with Crippen LogP contribution in [0.4, 0.5) is 0 Å². The zero-order valence-corrected chi connectivity index (χ0v) is 19.5. The van der Waals surface area contributed by atoms with Gasteiger partial charge in [-0.25, -0.2) is 0 Å². The van der Waals surface area contributed by atoms with Gasteiger partial charge in [-0.2, -0.15) is 5.10 Å². The molecule has 0 aliphatic carbocycles. The van der Waals surface area contributed by atoms with Crippen LogP contribution in [0.2, 0.25) is 0 Å². The highest BCUT2D eigenvalue weighted by molar-refractivity contribution is 5.97. The number of piperazine rings is 1. The maximum Gasteiger partial charge on any atom is 0.275 e. The molecule has 33 heavy (non-hydrogen) atoms. The number of carbonyl (C=O) groups is 2. The predicted octanol–water partition coefficient (Wildman–Crippen LogP) is 3.73. The van der Waals surface area contributed by atoms with E-state index in [0.717, 1.165) is 28.1 Å². The fourth-order valence-electron chi connectivity index (χ4n) is 4.28. The minimum atomic E-state index is -0.605. The van der Waals surface area contributed by atoms with Gasteiger partial charge < -0.3 is 14.5 Å². The highest BCUT2D eigenvalue weighted by Gasteiger charge is 2.37. The lowest BCUT2D eigenvalue weighted by molar-refractivity contribution is -0.138. The van der Waals surface area contributed by atoms with Crippen LogP contribution < -0.4 is 4.74 Å². The molecule has 0 radical (unpaired) electrons. The fraction of sp³-hybridized carbons (Fsp3) is 0.346. The first kappa shape index (κ1) is 22.6. The number of carbonyl (C=O) groups excluding carboxylic acids is 2. The number of ether oxygens (including phenoxy) is 1. The van der Waals surface area contributed by atoms with E-state index in [2.05, 4.69) is 10.2 Å².